The Morgan fingerprint density at radius 1 is 0.629 bits per heavy atom. The topological polar surface area (TPSA) is 280 Å². The van der Waals surface area contributed by atoms with Gasteiger partial charge in [-0.2, -0.15) is 15.3 Å². The van der Waals surface area contributed by atoms with E-state index in [9.17, 15) is 29.8 Å². The van der Waals surface area contributed by atoms with Crippen LogP contribution >= 0.6 is 0 Å². The van der Waals surface area contributed by atoms with Gasteiger partial charge in [-0.25, -0.2) is 0 Å². The Bertz CT molecular complexity index is 2880. The Balaban J connectivity index is 0.000000235. The number of Topliss-reactive ketones (excluding diaryl/α,β-unsaturated/α-hetero) is 2. The van der Waals surface area contributed by atoms with Crippen molar-refractivity contribution in [2.45, 2.75) is 74.6 Å². The summed E-state index contributed by atoms with van der Waals surface area (Å²) >= 11 is 0. The van der Waals surface area contributed by atoms with E-state index in [4.69, 9.17) is 20.9 Å². The van der Waals surface area contributed by atoms with Gasteiger partial charge in [0.2, 0.25) is 5.91 Å². The van der Waals surface area contributed by atoms with Gasteiger partial charge in [-0.1, -0.05) is 48.5 Å². The van der Waals surface area contributed by atoms with Crippen molar-refractivity contribution in [2.75, 3.05) is 40.6 Å². The molecule has 0 saturated heterocycles. The molecule has 7 N–H and O–H groups in total. The number of nitro groups is 2. The number of anilines is 1. The van der Waals surface area contributed by atoms with Crippen LogP contribution in [0, 0.1) is 68.7 Å². The van der Waals surface area contributed by atoms with E-state index < -0.39 is 10.8 Å². The molecule has 0 aliphatic carbocycles. The summed E-state index contributed by atoms with van der Waals surface area (Å²) in [7, 11) is 7.02. The van der Waals surface area contributed by atoms with Gasteiger partial charge in [0.05, 0.1) is 33.5 Å². The number of carbonyl (C=O) groups excluding carboxylic acids is 2. The van der Waals surface area contributed by atoms with Crippen LogP contribution in [0.2, 0.25) is 0 Å². The minimum atomic E-state index is -0.583. The van der Waals surface area contributed by atoms with Gasteiger partial charge in [0.15, 0.2) is 11.6 Å². The molecule has 19 nitrogen and oxygen atoms in total. The lowest BCUT2D eigenvalue weighted by Gasteiger charge is -2.32. The van der Waals surface area contributed by atoms with E-state index in [0.717, 1.165) is 73.2 Å². The van der Waals surface area contributed by atoms with Crippen molar-refractivity contribution in [3.05, 3.63) is 162 Å². The van der Waals surface area contributed by atoms with Crippen LogP contribution in [0.1, 0.15) is 69.1 Å². The molecular formula is C51H65N11O8. The van der Waals surface area contributed by atoms with Gasteiger partial charge in [-0.3, -0.25) is 50.0 Å². The summed E-state index contributed by atoms with van der Waals surface area (Å²) < 4.78 is 10.1. The quantitative estimate of drug-likeness (QED) is 0.0251. The number of nitrogen functional groups attached to an aromatic ring is 1. The van der Waals surface area contributed by atoms with Crippen LogP contribution in [0.25, 0.3) is 33.8 Å². The third-order valence-corrected chi connectivity index (χ3v) is 11.0. The summed E-state index contributed by atoms with van der Waals surface area (Å²) in [6.07, 6.45) is 0.388. The number of nitrogens with one attached hydrogen (secondary N) is 3. The van der Waals surface area contributed by atoms with Crippen LogP contribution in [0.15, 0.2) is 91.0 Å². The number of benzene rings is 4. The van der Waals surface area contributed by atoms with E-state index in [1.165, 1.54) is 13.0 Å². The Labute approximate surface area is 408 Å². The fraction of sp³-hybridized carbons (Fsp3) is 0.314. The number of aromatic nitrogens is 6. The summed E-state index contributed by atoms with van der Waals surface area (Å²) in [5, 5.41) is 42.4. The average Bonchev–Trinajstić information content (AvgIpc) is 4.09. The molecular weight excluding hydrogens is 895 g/mol. The molecule has 4 aromatic carbocycles. The number of ketones is 2. The number of aryl methyl sites for hydroxylation is 7. The summed E-state index contributed by atoms with van der Waals surface area (Å²) in [6.45, 7) is 16.5. The standard InChI is InChI=1S/C14H17N3O.C11H11N3O2.C11H13N3.C9H9NO3.C6H15NO2/c1-9-3-4-11(14-5-10(2)16-17-14)6-12(9)7-13(18)8-15;1-7-3-4-9(6-11(7)14(15)16)10-5-8(2)12-13-10;1-7-3-4-9(6-10(7)12)11-5-8(2)13-14-11;1-6-3-4-8(7(2)11)5-9(6)10(12)13;1-6(8-4,9-5)7(2)3/h3-6H,7-8,15H2,1-2H3,(H,16,17);3-6H,1-2H3,(H,12,13);3-6H,12H2,1-2H3,(H,13,14);3-5H,1-2H3;1-5H3. The molecule has 7 aromatic rings. The number of H-pyrrole nitrogens is 3. The zero-order valence-corrected chi connectivity index (χ0v) is 42.2. The van der Waals surface area contributed by atoms with Crippen molar-refractivity contribution in [1.29, 1.82) is 0 Å². The van der Waals surface area contributed by atoms with Crippen molar-refractivity contribution < 1.29 is 28.9 Å². The first-order chi connectivity index (χ1) is 32.9. The third-order valence-electron chi connectivity index (χ3n) is 11.0. The maximum Gasteiger partial charge on any atom is 0.273 e. The van der Waals surface area contributed by atoms with Crippen molar-refractivity contribution >= 4 is 28.6 Å². The van der Waals surface area contributed by atoms with Crippen molar-refractivity contribution in [3.8, 4) is 33.8 Å². The molecule has 3 aromatic heterocycles. The number of nitrogens with two attached hydrogens (primary N) is 2. The number of hydrogen-bond acceptors (Lipinski definition) is 14. The van der Waals surface area contributed by atoms with Gasteiger partial charge >= 0.3 is 0 Å². The average molecular weight is 960 g/mol. The van der Waals surface area contributed by atoms with Gasteiger partial charge in [0, 0.05) is 95.8 Å². The first kappa shape index (κ1) is 56.6. The van der Waals surface area contributed by atoms with Gasteiger partial charge in [0.1, 0.15) is 0 Å². The van der Waals surface area contributed by atoms with Crippen molar-refractivity contribution in [2.24, 2.45) is 5.73 Å². The molecule has 372 valence electrons. The lowest BCUT2D eigenvalue weighted by atomic mass is 9.99. The monoisotopic (exact) mass is 960 g/mol. The lowest BCUT2D eigenvalue weighted by Crippen LogP contribution is -2.44. The smallest absolute Gasteiger partial charge is 0.273 e. The predicted octanol–water partition coefficient (Wildman–Crippen LogP) is 9.26. The van der Waals surface area contributed by atoms with Crippen molar-refractivity contribution in [3.63, 3.8) is 0 Å². The first-order valence-corrected chi connectivity index (χ1v) is 22.0. The second kappa shape index (κ2) is 26.2. The lowest BCUT2D eigenvalue weighted by molar-refractivity contribution is -0.385. The zero-order valence-electron chi connectivity index (χ0n) is 42.2. The number of ether oxygens (including phenoxy) is 2. The SMILES string of the molecule is CC(=O)c1ccc(C)c([N+](=O)[O-])c1.COC(C)(OC)N(C)C.Cc1cc(-c2ccc(C)c(CC(=O)CN)c2)n[nH]1.Cc1cc(-c2ccc(C)c(N)c2)n[nH]1.Cc1cc(-c2ccc(C)c([N+](=O)[O-])c2)n[nH]1. The Kier molecular flexibility index (Phi) is 21.2. The minimum absolute atomic E-state index is 0.00676. The molecule has 3 heterocycles. The minimum Gasteiger partial charge on any atom is -0.398 e. The van der Waals surface area contributed by atoms with E-state index in [-0.39, 0.29) is 34.4 Å². The molecule has 19 heteroatoms. The second-order valence-corrected chi connectivity index (χ2v) is 16.7. The van der Waals surface area contributed by atoms with Gasteiger partial charge in [-0.05, 0) is 117 Å². The van der Waals surface area contributed by atoms with Crippen LogP contribution in [0.4, 0.5) is 17.1 Å². The molecule has 7 rings (SSSR count). The molecule has 0 amide bonds. The van der Waals surface area contributed by atoms with E-state index >= 15 is 0 Å². The highest BCUT2D eigenvalue weighted by molar-refractivity contribution is 5.94. The molecule has 0 bridgehead atoms. The molecule has 0 aliphatic heterocycles. The highest BCUT2D eigenvalue weighted by atomic mass is 16.7. The van der Waals surface area contributed by atoms with Gasteiger partial charge < -0.3 is 20.9 Å². The molecule has 0 atom stereocenters. The summed E-state index contributed by atoms with van der Waals surface area (Å²) in [5.41, 5.74) is 25.3. The largest absolute Gasteiger partial charge is 0.398 e. The number of rotatable bonds is 12. The van der Waals surface area contributed by atoms with Gasteiger partial charge in [0.25, 0.3) is 11.4 Å². The third kappa shape index (κ3) is 16.5. The molecule has 70 heavy (non-hydrogen) atoms. The van der Waals surface area contributed by atoms with E-state index in [1.54, 1.807) is 52.3 Å². The maximum atomic E-state index is 11.4. The molecule has 0 saturated carbocycles. The Morgan fingerprint density at radius 3 is 1.39 bits per heavy atom. The normalized spacial score (nSPS) is 10.6. The second-order valence-electron chi connectivity index (χ2n) is 16.7. The van der Waals surface area contributed by atoms with Crippen LogP contribution in [0.3, 0.4) is 0 Å². The zero-order chi connectivity index (χ0) is 52.5. The summed E-state index contributed by atoms with van der Waals surface area (Å²) in [5.74, 6) is -0.698. The van der Waals surface area contributed by atoms with E-state index in [2.05, 4.69) is 30.6 Å². The fourth-order valence-corrected chi connectivity index (χ4v) is 6.24. The summed E-state index contributed by atoms with van der Waals surface area (Å²) in [4.78, 5) is 44.6. The molecule has 0 radical (unpaired) electrons. The molecule has 0 fully saturated rings. The molecule has 0 unspecified atom stereocenters. The van der Waals surface area contributed by atoms with E-state index in [1.807, 2.05) is 121 Å². The van der Waals surface area contributed by atoms with E-state index in [0.29, 0.717) is 23.1 Å². The molecule has 0 aliphatic rings. The number of carbonyl (C=O) groups is 2. The fourth-order valence-electron chi connectivity index (χ4n) is 6.24. The highest BCUT2D eigenvalue weighted by Gasteiger charge is 2.24. The first-order valence-electron chi connectivity index (χ1n) is 22.0. The van der Waals surface area contributed by atoms with Crippen LogP contribution in [0.5, 0.6) is 0 Å². The number of nitrogens with zero attached hydrogens (tertiary/aromatic N) is 6. The number of nitro benzene ring substituents is 2. The Morgan fingerprint density at radius 2 is 1.03 bits per heavy atom. The van der Waals surface area contributed by atoms with Crippen LogP contribution in [-0.4, -0.2) is 97.7 Å². The number of aromatic amines is 3. The van der Waals surface area contributed by atoms with Crippen molar-refractivity contribution in [1.82, 2.24) is 35.5 Å². The van der Waals surface area contributed by atoms with Gasteiger partial charge in [-0.15, -0.1) is 0 Å². The summed E-state index contributed by atoms with van der Waals surface area (Å²) in [6, 6.07) is 27.5. The predicted molar refractivity (Wildman–Crippen MR) is 273 cm³/mol. The Hall–Kier alpha value is -7.71. The molecule has 0 spiro atoms. The number of hydrogen-bond donors (Lipinski definition) is 5. The van der Waals surface area contributed by atoms with Crippen LogP contribution < -0.4 is 11.5 Å². The van der Waals surface area contributed by atoms with Crippen LogP contribution in [-0.2, 0) is 20.7 Å². The number of methoxy groups -OCH3 is 2. The maximum absolute atomic E-state index is 11.4. The highest BCUT2D eigenvalue weighted by Crippen LogP contribution is 2.27.